The Labute approximate surface area is 90.1 Å². The van der Waals surface area contributed by atoms with Gasteiger partial charge in [-0.1, -0.05) is 11.9 Å². The van der Waals surface area contributed by atoms with Crippen molar-refractivity contribution >= 4 is 58.7 Å². The van der Waals surface area contributed by atoms with Crippen LogP contribution in [0, 0.1) is 0 Å². The quantitative estimate of drug-likeness (QED) is 0.188. The highest BCUT2D eigenvalue weighted by Gasteiger charge is 2.37. The molecule has 1 fully saturated rings. The molecule has 11 heavy (non-hydrogen) atoms. The van der Waals surface area contributed by atoms with Gasteiger partial charge in [0.1, 0.15) is 12.3 Å². The molecule has 0 aromatic carbocycles. The molecule has 1 aliphatic heterocycles. The van der Waals surface area contributed by atoms with E-state index in [1.54, 1.807) is 11.4 Å². The number of alkyl halides is 1. The molecule has 0 amide bonds. The molecule has 0 spiro atoms. The summed E-state index contributed by atoms with van der Waals surface area (Å²) in [6, 6.07) is -0.646. The Balaban J connectivity index is 0.000001000. The molecule has 0 radical (unpaired) electrons. The van der Waals surface area contributed by atoms with Crippen molar-refractivity contribution in [2.75, 3.05) is 7.05 Å². The number of likely N-dealkylation sites (N-methyl/N-ethyl adjacent to an activating group) is 1. The van der Waals surface area contributed by atoms with Gasteiger partial charge in [0, 0.05) is 0 Å². The summed E-state index contributed by atoms with van der Waals surface area (Å²) in [6.07, 6.45) is 0.609. The summed E-state index contributed by atoms with van der Waals surface area (Å²) in [5, 5.41) is 0. The van der Waals surface area contributed by atoms with Crippen LogP contribution in [0.2, 0.25) is 0 Å². The van der Waals surface area contributed by atoms with Crippen molar-refractivity contribution in [1.29, 1.82) is 0 Å². The van der Waals surface area contributed by atoms with E-state index >= 15 is 0 Å². The van der Waals surface area contributed by atoms with Crippen molar-refractivity contribution in [3.8, 4) is 0 Å². The lowest BCUT2D eigenvalue weighted by molar-refractivity contribution is -0.124. The number of hydrogen-bond acceptors (Lipinski definition) is 4. The lowest BCUT2D eigenvalue weighted by Crippen LogP contribution is -2.29. The van der Waals surface area contributed by atoms with Gasteiger partial charge in [0.15, 0.2) is 10.5 Å². The fourth-order valence-electron chi connectivity index (χ4n) is 0.730. The van der Waals surface area contributed by atoms with E-state index < -0.39 is 10.8 Å². The Morgan fingerprint density at radius 2 is 2.27 bits per heavy atom. The van der Waals surface area contributed by atoms with Crippen LogP contribution in [-0.4, -0.2) is 57.2 Å². The highest BCUT2D eigenvalue weighted by molar-refractivity contribution is 8.00. The Hall–Kier alpha value is 0.706. The topological polar surface area (TPSA) is 37.4 Å². The molecular formula is C5H8ClMgNO2S. The Kier molecular flexibility index (Phi) is 4.96. The molecule has 0 bridgehead atoms. The molecule has 0 aliphatic carbocycles. The second-order valence-electron chi connectivity index (χ2n) is 1.95. The normalized spacial score (nSPS) is 31.6. The molecule has 1 aliphatic rings. The van der Waals surface area contributed by atoms with Crippen molar-refractivity contribution < 1.29 is 9.59 Å². The zero-order valence-corrected chi connectivity index (χ0v) is 6.85. The average molecular weight is 206 g/mol. The highest BCUT2D eigenvalue weighted by Crippen LogP contribution is 2.30. The fraction of sp³-hybridized carbons (Fsp3) is 0.600. The maximum Gasteiger partial charge on any atom is 0.316 e. The van der Waals surface area contributed by atoms with E-state index in [9.17, 15) is 9.59 Å². The monoisotopic (exact) mass is 205 g/mol. The molecule has 1 saturated heterocycles. The molecule has 2 atom stereocenters. The van der Waals surface area contributed by atoms with Crippen molar-refractivity contribution in [2.24, 2.45) is 0 Å². The Morgan fingerprint density at radius 3 is 2.45 bits per heavy atom. The van der Waals surface area contributed by atoms with Gasteiger partial charge in [0.25, 0.3) is 0 Å². The van der Waals surface area contributed by atoms with Crippen LogP contribution < -0.4 is 0 Å². The maximum absolute atomic E-state index is 10.9. The summed E-state index contributed by atoms with van der Waals surface area (Å²) in [5.41, 5.74) is 0. The van der Waals surface area contributed by atoms with Gasteiger partial charge in [-0.3, -0.25) is 4.79 Å². The van der Waals surface area contributed by atoms with Crippen LogP contribution in [0.15, 0.2) is 0 Å². The SMILES string of the molecule is CN1SC(Cl)C(=O)C1C=O.[MgH2]. The minimum atomic E-state index is -0.646. The molecule has 2 unspecified atom stereocenters. The summed E-state index contributed by atoms with van der Waals surface area (Å²) in [7, 11) is 1.67. The summed E-state index contributed by atoms with van der Waals surface area (Å²) in [4.78, 5) is 21.2. The summed E-state index contributed by atoms with van der Waals surface area (Å²) >= 11 is 6.72. The van der Waals surface area contributed by atoms with Crippen LogP contribution in [0.1, 0.15) is 0 Å². The lowest BCUT2D eigenvalue weighted by Gasteiger charge is -2.07. The second-order valence-corrected chi connectivity index (χ2v) is 3.90. The van der Waals surface area contributed by atoms with Crippen LogP contribution in [0.5, 0.6) is 0 Å². The van der Waals surface area contributed by atoms with Gasteiger partial charge < -0.3 is 4.79 Å². The van der Waals surface area contributed by atoms with E-state index in [4.69, 9.17) is 11.6 Å². The number of halogens is 1. The largest absolute Gasteiger partial charge is 0.316 e. The minimum Gasteiger partial charge on any atom is -0.301 e. The molecule has 0 saturated carbocycles. The molecule has 6 heteroatoms. The number of carbonyl (C=O) groups excluding carboxylic acids is 2. The first kappa shape index (κ1) is 11.7. The van der Waals surface area contributed by atoms with Crippen molar-refractivity contribution in [1.82, 2.24) is 4.31 Å². The van der Waals surface area contributed by atoms with Crippen LogP contribution in [-0.2, 0) is 9.59 Å². The second kappa shape index (κ2) is 4.66. The van der Waals surface area contributed by atoms with E-state index in [1.165, 1.54) is 11.9 Å². The van der Waals surface area contributed by atoms with Gasteiger partial charge in [-0.05, 0) is 7.05 Å². The number of hydrogen-bond donors (Lipinski definition) is 0. The third kappa shape index (κ3) is 2.32. The zero-order chi connectivity index (χ0) is 7.72. The molecule has 0 aromatic rings. The Morgan fingerprint density at radius 1 is 1.73 bits per heavy atom. The van der Waals surface area contributed by atoms with Crippen LogP contribution in [0.4, 0.5) is 0 Å². The fourth-order valence-corrected chi connectivity index (χ4v) is 2.06. The molecular weight excluding hydrogens is 198 g/mol. The van der Waals surface area contributed by atoms with Gasteiger partial charge in [0.05, 0.1) is 0 Å². The predicted molar refractivity (Wildman–Crippen MR) is 48.4 cm³/mol. The summed E-state index contributed by atoms with van der Waals surface area (Å²) in [5.74, 6) is -0.218. The van der Waals surface area contributed by atoms with Crippen molar-refractivity contribution in [2.45, 2.75) is 10.8 Å². The van der Waals surface area contributed by atoms with Crippen molar-refractivity contribution in [3.05, 3.63) is 0 Å². The molecule has 1 rings (SSSR count). The molecule has 0 aromatic heterocycles. The first-order valence-electron chi connectivity index (χ1n) is 2.69. The number of rotatable bonds is 1. The molecule has 60 valence electrons. The van der Waals surface area contributed by atoms with E-state index in [0.29, 0.717) is 6.29 Å². The van der Waals surface area contributed by atoms with E-state index in [2.05, 4.69) is 0 Å². The van der Waals surface area contributed by atoms with E-state index in [1.807, 2.05) is 0 Å². The van der Waals surface area contributed by atoms with Gasteiger partial charge in [-0.2, -0.15) is 0 Å². The van der Waals surface area contributed by atoms with Crippen molar-refractivity contribution in [3.63, 3.8) is 0 Å². The predicted octanol–water partition coefficient (Wildman–Crippen LogP) is -0.635. The van der Waals surface area contributed by atoms with Crippen LogP contribution >= 0.6 is 23.5 Å². The number of carbonyl (C=O) groups is 2. The summed E-state index contributed by atoms with van der Waals surface area (Å²) < 4.78 is 0.979. The standard InChI is InChI=1S/C5H6ClNO2S.Mg.2H/c1-7-3(2-8)4(9)5(6)10-7;;;/h2-3,5H,1H3;;;. The lowest BCUT2D eigenvalue weighted by atomic mass is 10.2. The maximum atomic E-state index is 10.9. The smallest absolute Gasteiger partial charge is 0.301 e. The highest BCUT2D eigenvalue weighted by atomic mass is 35.5. The van der Waals surface area contributed by atoms with Gasteiger partial charge in [0.2, 0.25) is 0 Å². The van der Waals surface area contributed by atoms with Crippen LogP contribution in [0.25, 0.3) is 0 Å². The number of nitrogens with zero attached hydrogens (tertiary/aromatic N) is 1. The summed E-state index contributed by atoms with van der Waals surface area (Å²) in [6.45, 7) is 0. The van der Waals surface area contributed by atoms with E-state index in [0.717, 1.165) is 0 Å². The molecule has 1 heterocycles. The van der Waals surface area contributed by atoms with Gasteiger partial charge in [-0.15, -0.1) is 11.6 Å². The number of ketones is 1. The number of aldehydes is 1. The third-order valence-electron chi connectivity index (χ3n) is 1.29. The Bertz CT molecular complexity index is 180. The molecule has 0 N–H and O–H groups in total. The first-order chi connectivity index (χ1) is 4.66. The van der Waals surface area contributed by atoms with Crippen LogP contribution in [0.3, 0.4) is 0 Å². The van der Waals surface area contributed by atoms with Gasteiger partial charge >= 0.3 is 23.1 Å². The van der Waals surface area contributed by atoms with Gasteiger partial charge in [-0.25, -0.2) is 4.31 Å². The minimum absolute atomic E-state index is 0. The average Bonchev–Trinajstić information content (AvgIpc) is 2.09. The third-order valence-corrected chi connectivity index (χ3v) is 2.73. The van der Waals surface area contributed by atoms with E-state index in [-0.39, 0.29) is 28.8 Å². The molecule has 3 nitrogen and oxygen atoms in total. The number of Topliss-reactive ketones (excluding diaryl/α,β-unsaturated/α-hetero) is 1. The first-order valence-corrected chi connectivity index (χ1v) is 3.97. The zero-order valence-electron chi connectivity index (χ0n) is 5.28.